The number of hydrogen-bond acceptors (Lipinski definition) is 5. The van der Waals surface area contributed by atoms with E-state index in [9.17, 15) is 8.42 Å². The lowest BCUT2D eigenvalue weighted by molar-refractivity contribution is -0.00519. The minimum Gasteiger partial charge on any atom is -0.447 e. The average Bonchev–Trinajstić information content (AvgIpc) is 2.76. The standard InChI is InChI=1S/C11H20N2O4S/c1-4-16-11(2,3)8-13-18(14,15)10-6-5-9(7-12)17-10/h5-6,13H,4,7-8,12H2,1-3H3. The molecule has 0 spiro atoms. The van der Waals surface area contributed by atoms with E-state index in [1.807, 2.05) is 20.8 Å². The van der Waals surface area contributed by atoms with Gasteiger partial charge in [-0.05, 0) is 32.9 Å². The van der Waals surface area contributed by atoms with Gasteiger partial charge in [-0.25, -0.2) is 13.1 Å². The Balaban J connectivity index is 2.71. The molecule has 0 aliphatic rings. The molecule has 18 heavy (non-hydrogen) atoms. The molecule has 0 saturated heterocycles. The summed E-state index contributed by atoms with van der Waals surface area (Å²) in [6, 6.07) is 2.93. The summed E-state index contributed by atoms with van der Waals surface area (Å²) in [7, 11) is -3.65. The summed E-state index contributed by atoms with van der Waals surface area (Å²) in [5.74, 6) is 0.430. The summed E-state index contributed by atoms with van der Waals surface area (Å²) in [4.78, 5) is 0. The van der Waals surface area contributed by atoms with E-state index < -0.39 is 15.6 Å². The van der Waals surface area contributed by atoms with Gasteiger partial charge in [0.15, 0.2) is 0 Å². The van der Waals surface area contributed by atoms with Crippen molar-refractivity contribution in [3.8, 4) is 0 Å². The smallest absolute Gasteiger partial charge is 0.274 e. The molecule has 104 valence electrons. The lowest BCUT2D eigenvalue weighted by Gasteiger charge is -2.24. The third-order valence-electron chi connectivity index (χ3n) is 2.33. The molecule has 1 aromatic heterocycles. The molecule has 0 aliphatic carbocycles. The number of sulfonamides is 1. The predicted octanol–water partition coefficient (Wildman–Crippen LogP) is 0.832. The summed E-state index contributed by atoms with van der Waals surface area (Å²) in [5.41, 5.74) is 4.80. The maximum Gasteiger partial charge on any atom is 0.274 e. The quantitative estimate of drug-likeness (QED) is 0.769. The van der Waals surface area contributed by atoms with Gasteiger partial charge in [-0.3, -0.25) is 0 Å². The number of rotatable bonds is 7. The monoisotopic (exact) mass is 276 g/mol. The van der Waals surface area contributed by atoms with Gasteiger partial charge in [0, 0.05) is 13.2 Å². The fraction of sp³-hybridized carbons (Fsp3) is 0.636. The Kier molecular flexibility index (Phi) is 4.92. The number of hydrogen-bond donors (Lipinski definition) is 2. The first kappa shape index (κ1) is 15.2. The second kappa shape index (κ2) is 5.83. The Morgan fingerprint density at radius 3 is 2.61 bits per heavy atom. The zero-order chi connectivity index (χ0) is 13.8. The molecule has 6 nitrogen and oxygen atoms in total. The zero-order valence-corrected chi connectivity index (χ0v) is 11.7. The van der Waals surface area contributed by atoms with Gasteiger partial charge in [-0.1, -0.05) is 0 Å². The van der Waals surface area contributed by atoms with E-state index in [2.05, 4.69) is 4.72 Å². The van der Waals surface area contributed by atoms with Crippen LogP contribution in [0.2, 0.25) is 0 Å². The van der Waals surface area contributed by atoms with E-state index in [1.165, 1.54) is 6.07 Å². The summed E-state index contributed by atoms with van der Waals surface area (Å²) < 4.78 is 36.8. The van der Waals surface area contributed by atoms with Crippen molar-refractivity contribution in [1.29, 1.82) is 0 Å². The number of furan rings is 1. The summed E-state index contributed by atoms with van der Waals surface area (Å²) in [6.45, 7) is 6.34. The highest BCUT2D eigenvalue weighted by atomic mass is 32.2. The molecule has 0 unspecified atom stereocenters. The van der Waals surface area contributed by atoms with Gasteiger partial charge in [-0.2, -0.15) is 0 Å². The van der Waals surface area contributed by atoms with Crippen LogP contribution < -0.4 is 10.5 Å². The SMILES string of the molecule is CCOC(C)(C)CNS(=O)(=O)c1ccc(CN)o1. The van der Waals surface area contributed by atoms with E-state index in [4.69, 9.17) is 14.9 Å². The van der Waals surface area contributed by atoms with Crippen molar-refractivity contribution >= 4 is 10.0 Å². The summed E-state index contributed by atoms with van der Waals surface area (Å²) >= 11 is 0. The van der Waals surface area contributed by atoms with E-state index in [1.54, 1.807) is 6.07 Å². The Morgan fingerprint density at radius 2 is 2.11 bits per heavy atom. The normalized spacial score (nSPS) is 12.9. The van der Waals surface area contributed by atoms with E-state index in [0.29, 0.717) is 12.4 Å². The molecule has 0 fully saturated rings. The third-order valence-corrected chi connectivity index (χ3v) is 3.60. The average molecular weight is 276 g/mol. The Hall–Kier alpha value is -0.890. The highest BCUT2D eigenvalue weighted by molar-refractivity contribution is 7.89. The Morgan fingerprint density at radius 1 is 1.44 bits per heavy atom. The van der Waals surface area contributed by atoms with Crippen LogP contribution in [0, 0.1) is 0 Å². The van der Waals surface area contributed by atoms with E-state index >= 15 is 0 Å². The first-order valence-electron chi connectivity index (χ1n) is 5.73. The van der Waals surface area contributed by atoms with Crippen LogP contribution in [0.4, 0.5) is 0 Å². The van der Waals surface area contributed by atoms with Crippen molar-refractivity contribution in [2.45, 2.75) is 38.0 Å². The lowest BCUT2D eigenvalue weighted by Crippen LogP contribution is -2.40. The second-order valence-corrected chi connectivity index (χ2v) is 6.14. The topological polar surface area (TPSA) is 94.6 Å². The predicted molar refractivity (Wildman–Crippen MR) is 67.5 cm³/mol. The first-order valence-corrected chi connectivity index (χ1v) is 7.21. The molecule has 0 radical (unpaired) electrons. The van der Waals surface area contributed by atoms with Gasteiger partial charge >= 0.3 is 0 Å². The first-order chi connectivity index (χ1) is 8.30. The van der Waals surface area contributed by atoms with Gasteiger partial charge in [0.25, 0.3) is 10.0 Å². The van der Waals surface area contributed by atoms with Gasteiger partial charge < -0.3 is 14.9 Å². The molecule has 0 bridgehead atoms. The van der Waals surface area contributed by atoms with Crippen LogP contribution in [0.15, 0.2) is 21.6 Å². The molecular formula is C11H20N2O4S. The van der Waals surface area contributed by atoms with E-state index in [-0.39, 0.29) is 18.2 Å². The molecule has 3 N–H and O–H groups in total. The molecule has 7 heteroatoms. The Bertz CT molecular complexity index is 479. The molecule has 0 saturated carbocycles. The van der Waals surface area contributed by atoms with Crippen LogP contribution in [-0.4, -0.2) is 27.2 Å². The minimum absolute atomic E-state index is 0.129. The molecular weight excluding hydrogens is 256 g/mol. The van der Waals surface area contributed by atoms with Crippen LogP contribution in [-0.2, 0) is 21.3 Å². The van der Waals surface area contributed by atoms with Crippen LogP contribution >= 0.6 is 0 Å². The van der Waals surface area contributed by atoms with Crippen LogP contribution in [0.1, 0.15) is 26.5 Å². The van der Waals surface area contributed by atoms with Crippen LogP contribution in [0.25, 0.3) is 0 Å². The minimum atomic E-state index is -3.65. The van der Waals surface area contributed by atoms with Crippen molar-refractivity contribution in [2.75, 3.05) is 13.2 Å². The van der Waals surface area contributed by atoms with Crippen LogP contribution in [0.5, 0.6) is 0 Å². The van der Waals surface area contributed by atoms with E-state index in [0.717, 1.165) is 0 Å². The number of nitrogens with two attached hydrogens (primary N) is 1. The van der Waals surface area contributed by atoms with Gasteiger partial charge in [-0.15, -0.1) is 0 Å². The highest BCUT2D eigenvalue weighted by Crippen LogP contribution is 2.15. The summed E-state index contributed by atoms with van der Waals surface area (Å²) in [5, 5.41) is -0.129. The number of ether oxygens (including phenoxy) is 1. The lowest BCUT2D eigenvalue weighted by atomic mass is 10.1. The molecule has 0 aromatic carbocycles. The molecule has 1 heterocycles. The zero-order valence-electron chi connectivity index (χ0n) is 10.9. The van der Waals surface area contributed by atoms with Gasteiger partial charge in [0.2, 0.25) is 5.09 Å². The fourth-order valence-electron chi connectivity index (χ4n) is 1.39. The largest absolute Gasteiger partial charge is 0.447 e. The molecule has 1 aromatic rings. The maximum atomic E-state index is 11.9. The maximum absolute atomic E-state index is 11.9. The molecule has 0 atom stereocenters. The second-order valence-electron chi connectivity index (χ2n) is 4.44. The van der Waals surface area contributed by atoms with Gasteiger partial charge in [0.05, 0.1) is 12.1 Å². The third kappa shape index (κ3) is 4.09. The summed E-state index contributed by atoms with van der Waals surface area (Å²) in [6.07, 6.45) is 0. The molecule has 1 rings (SSSR count). The molecule has 0 amide bonds. The van der Waals surface area contributed by atoms with Crippen LogP contribution in [0.3, 0.4) is 0 Å². The van der Waals surface area contributed by atoms with Crippen molar-refractivity contribution in [1.82, 2.24) is 4.72 Å². The molecule has 0 aliphatic heterocycles. The van der Waals surface area contributed by atoms with Gasteiger partial charge in [0.1, 0.15) is 5.76 Å². The van der Waals surface area contributed by atoms with Crippen molar-refractivity contribution in [2.24, 2.45) is 5.73 Å². The Labute approximate surface area is 108 Å². The highest BCUT2D eigenvalue weighted by Gasteiger charge is 2.24. The van der Waals surface area contributed by atoms with Crippen molar-refractivity contribution in [3.63, 3.8) is 0 Å². The van der Waals surface area contributed by atoms with Crippen molar-refractivity contribution < 1.29 is 17.6 Å². The fourth-order valence-corrected chi connectivity index (χ4v) is 2.54. The van der Waals surface area contributed by atoms with Crippen molar-refractivity contribution in [3.05, 3.63) is 17.9 Å². The number of nitrogens with one attached hydrogen (secondary N) is 1.